The number of rotatable bonds is 0. The highest BCUT2D eigenvalue weighted by Gasteiger charge is 2.74. The predicted octanol–water partition coefficient (Wildman–Crippen LogP) is 2.36. The highest BCUT2D eigenvalue weighted by Crippen LogP contribution is 2.66. The number of allylic oxidation sites excluding steroid dienone is 1. The van der Waals surface area contributed by atoms with Crippen LogP contribution in [0.5, 0.6) is 0 Å². The minimum Gasteiger partial charge on any atom is -0.368 e. The molecule has 23 heavy (non-hydrogen) atoms. The van der Waals surface area contributed by atoms with Crippen LogP contribution in [0.25, 0.3) is 0 Å². The van der Waals surface area contributed by atoms with Gasteiger partial charge in [0, 0.05) is 37.3 Å². The summed E-state index contributed by atoms with van der Waals surface area (Å²) in [6.45, 7) is 3.24. The van der Waals surface area contributed by atoms with Crippen LogP contribution in [0.2, 0.25) is 0 Å². The van der Waals surface area contributed by atoms with Crippen molar-refractivity contribution in [2.24, 2.45) is 11.8 Å². The number of para-hydroxylation sites is 1. The van der Waals surface area contributed by atoms with Crippen molar-refractivity contribution in [3.63, 3.8) is 0 Å². The van der Waals surface area contributed by atoms with Crippen LogP contribution < -0.4 is 4.90 Å². The normalized spacial score (nSPS) is 49.9. The number of Topliss-reactive ketones (excluding diaryl/α,β-unsaturated/α-hetero) is 1. The van der Waals surface area contributed by atoms with Crippen molar-refractivity contribution in [2.45, 2.75) is 43.3 Å². The first-order valence-electron chi connectivity index (χ1n) is 8.96. The van der Waals surface area contributed by atoms with Gasteiger partial charge in [0.2, 0.25) is 0 Å². The lowest BCUT2D eigenvalue weighted by Crippen LogP contribution is -2.68. The molecule has 1 aromatic carbocycles. The summed E-state index contributed by atoms with van der Waals surface area (Å²) in [5.74, 6) is 1.31. The summed E-state index contributed by atoms with van der Waals surface area (Å²) in [5.41, 5.74) is 3.91. The van der Waals surface area contributed by atoms with Gasteiger partial charge in [0.05, 0.1) is 11.5 Å². The number of anilines is 1. The Bertz CT molecular complexity index is 784. The molecular formula is C20H22N2O. The Morgan fingerprint density at radius 2 is 2.09 bits per heavy atom. The second-order valence-electron chi connectivity index (χ2n) is 8.15. The van der Waals surface area contributed by atoms with Crippen molar-refractivity contribution in [2.75, 3.05) is 18.5 Å². The zero-order valence-electron chi connectivity index (χ0n) is 13.7. The Labute approximate surface area is 137 Å². The maximum Gasteiger partial charge on any atom is 0.150 e. The number of carbonyl (C=O) groups excluding carboxylic acids is 1. The third kappa shape index (κ3) is 1.12. The molecule has 0 amide bonds. The number of hydrogen-bond donors (Lipinski definition) is 0. The molecule has 6 aliphatic rings. The van der Waals surface area contributed by atoms with E-state index in [1.54, 1.807) is 0 Å². The van der Waals surface area contributed by atoms with Crippen LogP contribution in [0.3, 0.4) is 0 Å². The van der Waals surface area contributed by atoms with Crippen molar-refractivity contribution in [1.29, 1.82) is 0 Å². The van der Waals surface area contributed by atoms with E-state index < -0.39 is 0 Å². The Morgan fingerprint density at radius 3 is 2.91 bits per heavy atom. The second kappa shape index (κ2) is 3.72. The fraction of sp³-hybridized carbons (Fsp3) is 0.550. The number of hydrogen-bond acceptors (Lipinski definition) is 3. The smallest absolute Gasteiger partial charge is 0.150 e. The van der Waals surface area contributed by atoms with E-state index in [0.717, 1.165) is 13.0 Å². The number of carbonyl (C=O) groups is 1. The zero-order chi connectivity index (χ0) is 15.5. The van der Waals surface area contributed by atoms with Crippen molar-refractivity contribution >= 4 is 11.5 Å². The molecule has 1 spiro atoms. The highest BCUT2D eigenvalue weighted by molar-refractivity contribution is 6.01. The predicted molar refractivity (Wildman–Crippen MR) is 89.6 cm³/mol. The lowest BCUT2D eigenvalue weighted by atomic mass is 9.65. The Morgan fingerprint density at radius 1 is 1.26 bits per heavy atom. The maximum absolute atomic E-state index is 13.7. The van der Waals surface area contributed by atoms with E-state index in [1.807, 2.05) is 0 Å². The van der Waals surface area contributed by atoms with E-state index in [4.69, 9.17) is 0 Å². The molecule has 1 aromatic rings. The van der Waals surface area contributed by atoms with E-state index >= 15 is 0 Å². The standard InChI is InChI=1S/C20H22N2O/c1-3-11-10-22-15-8-12(11)17-16(22)9-20(19(17)23)13-6-4-5-7-14(13)21(2)18(15)20/h3-7,12,15-18H,8-10H2,1-2H3/b11-3-/t12-,15?,16?,17+,18+,20-/m1/s1. The average molecular weight is 306 g/mol. The Balaban J connectivity index is 1.64. The van der Waals surface area contributed by atoms with E-state index in [0.29, 0.717) is 29.8 Å². The van der Waals surface area contributed by atoms with Crippen LogP contribution in [-0.2, 0) is 10.2 Å². The van der Waals surface area contributed by atoms with Crippen molar-refractivity contribution < 1.29 is 4.79 Å². The summed E-state index contributed by atoms with van der Waals surface area (Å²) in [6, 6.07) is 10.0. The topological polar surface area (TPSA) is 23.6 Å². The fourth-order valence-corrected chi connectivity index (χ4v) is 7.05. The van der Waals surface area contributed by atoms with Crippen molar-refractivity contribution in [3.8, 4) is 0 Å². The molecule has 0 N–H and O–H groups in total. The van der Waals surface area contributed by atoms with Gasteiger partial charge in [-0.1, -0.05) is 29.8 Å². The van der Waals surface area contributed by atoms with E-state index in [9.17, 15) is 4.79 Å². The minimum atomic E-state index is -0.222. The van der Waals surface area contributed by atoms with Gasteiger partial charge >= 0.3 is 0 Å². The van der Waals surface area contributed by atoms with Gasteiger partial charge < -0.3 is 4.90 Å². The van der Waals surface area contributed by atoms with Crippen molar-refractivity contribution in [3.05, 3.63) is 41.5 Å². The van der Waals surface area contributed by atoms with Gasteiger partial charge in [0.25, 0.3) is 0 Å². The molecule has 1 saturated carbocycles. The van der Waals surface area contributed by atoms with Crippen LogP contribution in [0.15, 0.2) is 35.9 Å². The van der Waals surface area contributed by atoms with Crippen LogP contribution in [0.4, 0.5) is 5.69 Å². The molecule has 5 fully saturated rings. The van der Waals surface area contributed by atoms with E-state index in [2.05, 4.69) is 54.1 Å². The number of piperidine rings is 4. The second-order valence-corrected chi connectivity index (χ2v) is 8.15. The molecule has 4 saturated heterocycles. The number of likely N-dealkylation sites (N-methyl/N-ethyl adjacent to an activating group) is 1. The molecule has 1 aliphatic carbocycles. The van der Waals surface area contributed by atoms with Gasteiger partial charge in [-0.15, -0.1) is 0 Å². The van der Waals surface area contributed by atoms with Crippen LogP contribution >= 0.6 is 0 Å². The highest BCUT2D eigenvalue weighted by atomic mass is 16.1. The molecule has 5 bridgehead atoms. The Hall–Kier alpha value is -1.61. The molecular weight excluding hydrogens is 284 g/mol. The summed E-state index contributed by atoms with van der Waals surface area (Å²) >= 11 is 0. The third-order valence-corrected chi connectivity index (χ3v) is 7.73. The van der Waals surface area contributed by atoms with Gasteiger partial charge in [-0.05, 0) is 37.3 Å². The monoisotopic (exact) mass is 306 g/mol. The first-order chi connectivity index (χ1) is 11.2. The molecule has 118 valence electrons. The molecule has 3 unspecified atom stereocenters. The van der Waals surface area contributed by atoms with Crippen LogP contribution in [0, 0.1) is 11.8 Å². The average Bonchev–Trinajstić information content (AvgIpc) is 2.98. The zero-order valence-corrected chi connectivity index (χ0v) is 13.7. The molecule has 0 radical (unpaired) electrons. The number of fused-ring (bicyclic) bond motifs is 2. The number of benzene rings is 1. The Kier molecular flexibility index (Phi) is 2.07. The van der Waals surface area contributed by atoms with Gasteiger partial charge in [-0.3, -0.25) is 9.69 Å². The molecule has 7 rings (SSSR count). The largest absolute Gasteiger partial charge is 0.368 e. The first kappa shape index (κ1) is 12.8. The molecule has 7 atom stereocenters. The van der Waals surface area contributed by atoms with E-state index in [-0.39, 0.29) is 11.3 Å². The van der Waals surface area contributed by atoms with Gasteiger partial charge in [-0.2, -0.15) is 0 Å². The summed E-state index contributed by atoms with van der Waals surface area (Å²) in [4.78, 5) is 18.9. The molecule has 0 aromatic heterocycles. The van der Waals surface area contributed by atoms with Gasteiger partial charge in [0.15, 0.2) is 5.78 Å². The van der Waals surface area contributed by atoms with Crippen LogP contribution in [0.1, 0.15) is 25.3 Å². The summed E-state index contributed by atoms with van der Waals surface area (Å²) in [7, 11) is 2.21. The van der Waals surface area contributed by atoms with E-state index in [1.165, 1.54) is 23.2 Å². The number of ketones is 1. The summed E-state index contributed by atoms with van der Waals surface area (Å²) in [6.07, 6.45) is 4.50. The molecule has 5 heterocycles. The van der Waals surface area contributed by atoms with Crippen molar-refractivity contribution in [1.82, 2.24) is 4.90 Å². The summed E-state index contributed by atoms with van der Waals surface area (Å²) < 4.78 is 0. The third-order valence-electron chi connectivity index (χ3n) is 7.73. The molecule has 3 nitrogen and oxygen atoms in total. The van der Waals surface area contributed by atoms with Gasteiger partial charge in [0.1, 0.15) is 0 Å². The maximum atomic E-state index is 13.7. The lowest BCUT2D eigenvalue weighted by molar-refractivity contribution is -0.126. The quantitative estimate of drug-likeness (QED) is 0.688. The van der Waals surface area contributed by atoms with Gasteiger partial charge in [-0.25, -0.2) is 0 Å². The molecule has 3 heteroatoms. The molecule has 5 aliphatic heterocycles. The first-order valence-corrected chi connectivity index (χ1v) is 8.96. The number of nitrogens with zero attached hydrogens (tertiary/aromatic N) is 2. The lowest BCUT2D eigenvalue weighted by Gasteiger charge is -2.58. The van der Waals surface area contributed by atoms with Crippen LogP contribution in [-0.4, -0.2) is 42.4 Å². The SMILES string of the molecule is C/C=C1/CN2C3C[C@]45C(=O)[C@H]3[C@@H]1CC2[C@@H]4N(C)c1ccccc15. The fourth-order valence-electron chi connectivity index (χ4n) is 7.05. The summed E-state index contributed by atoms with van der Waals surface area (Å²) in [5, 5.41) is 0. The minimum absolute atomic E-state index is 0.222.